The van der Waals surface area contributed by atoms with Crippen LogP contribution >= 0.6 is 0 Å². The fraction of sp³-hybridized carbons (Fsp3) is 0.233. The van der Waals surface area contributed by atoms with Gasteiger partial charge in [-0.3, -0.25) is 9.59 Å². The Bertz CT molecular complexity index is 1440. The highest BCUT2D eigenvalue weighted by Gasteiger charge is 2.27. The molecule has 1 saturated heterocycles. The number of piperidine rings is 1. The third kappa shape index (κ3) is 5.17. The van der Waals surface area contributed by atoms with Crippen molar-refractivity contribution < 1.29 is 9.59 Å². The van der Waals surface area contributed by atoms with Crippen LogP contribution in [0.4, 0.5) is 11.4 Å². The molecule has 194 valence electrons. The van der Waals surface area contributed by atoms with Crippen LogP contribution in [-0.2, 0) is 4.79 Å². The number of aromatic amines is 1. The average Bonchev–Trinajstić information content (AvgIpc) is 3.39. The molecule has 0 aliphatic carbocycles. The van der Waals surface area contributed by atoms with Crippen LogP contribution in [-0.4, -0.2) is 42.1 Å². The molecule has 0 radical (unpaired) electrons. The molecule has 38 heavy (non-hydrogen) atoms. The Morgan fingerprint density at radius 1 is 1.13 bits per heavy atom. The van der Waals surface area contributed by atoms with Crippen molar-refractivity contribution in [2.24, 2.45) is 0 Å². The maximum atomic E-state index is 13.1. The second-order valence-electron chi connectivity index (χ2n) is 9.71. The van der Waals surface area contributed by atoms with Crippen molar-refractivity contribution >= 4 is 46.6 Å². The Morgan fingerprint density at radius 2 is 1.95 bits per heavy atom. The topological polar surface area (TPSA) is 122 Å². The van der Waals surface area contributed by atoms with Crippen molar-refractivity contribution in [3.05, 3.63) is 88.4 Å². The number of H-pyrrole nitrogens is 1. The summed E-state index contributed by atoms with van der Waals surface area (Å²) in [5, 5.41) is 20.6. The Balaban J connectivity index is 1.43. The number of aromatic nitrogens is 1. The maximum Gasteiger partial charge on any atom is 0.256 e. The van der Waals surface area contributed by atoms with Gasteiger partial charge in [0.15, 0.2) is 0 Å². The number of anilines is 2. The molecule has 1 atom stereocenters. The molecule has 3 heterocycles. The average molecular weight is 509 g/mol. The van der Waals surface area contributed by atoms with Gasteiger partial charge in [0, 0.05) is 58.9 Å². The predicted molar refractivity (Wildman–Crippen MR) is 153 cm³/mol. The van der Waals surface area contributed by atoms with Crippen LogP contribution in [0.3, 0.4) is 0 Å². The largest absolute Gasteiger partial charge is 0.361 e. The zero-order valence-electron chi connectivity index (χ0n) is 21.6. The lowest BCUT2D eigenvalue weighted by Gasteiger charge is -2.23. The highest BCUT2D eigenvalue weighted by molar-refractivity contribution is 6.35. The normalized spacial score (nSPS) is 18.2. The molecule has 1 fully saturated rings. The van der Waals surface area contributed by atoms with Crippen LogP contribution in [0.2, 0.25) is 0 Å². The Hall–Kier alpha value is -4.43. The van der Waals surface area contributed by atoms with Gasteiger partial charge in [0.05, 0.1) is 11.1 Å². The minimum absolute atomic E-state index is 0.0974. The summed E-state index contributed by atoms with van der Waals surface area (Å²) in [6, 6.07) is 15.5. The first kappa shape index (κ1) is 25.2. The van der Waals surface area contributed by atoms with Crippen LogP contribution in [0, 0.1) is 19.3 Å². The lowest BCUT2D eigenvalue weighted by atomic mass is 9.99. The zero-order valence-corrected chi connectivity index (χ0v) is 21.6. The van der Waals surface area contributed by atoms with Gasteiger partial charge in [0.25, 0.3) is 11.8 Å². The van der Waals surface area contributed by atoms with E-state index in [2.05, 4.69) is 26.3 Å². The third-order valence-corrected chi connectivity index (χ3v) is 7.08. The van der Waals surface area contributed by atoms with Gasteiger partial charge in [-0.25, -0.2) is 0 Å². The molecule has 2 aliphatic rings. The Labute approximate surface area is 222 Å². The first-order valence-corrected chi connectivity index (χ1v) is 12.9. The number of carbonyl (C=O) groups excluding carboxylic acids is 2. The molecule has 0 bridgehead atoms. The van der Waals surface area contributed by atoms with E-state index >= 15 is 0 Å². The van der Waals surface area contributed by atoms with Crippen molar-refractivity contribution in [3.63, 3.8) is 0 Å². The molecule has 5 rings (SSSR count). The monoisotopic (exact) mass is 508 g/mol. The minimum Gasteiger partial charge on any atom is -0.361 e. The SMILES string of the molecule is Cc1[nH]c(/C=C2\C(=O)Nc3ccc(/C(C=N)=C/Nc4ccccc4)cc32)c(C)c1C(=O)N[C@H]1CCCNC1. The van der Waals surface area contributed by atoms with Crippen molar-refractivity contribution in [1.82, 2.24) is 15.6 Å². The number of hydrogen-bond donors (Lipinski definition) is 6. The zero-order chi connectivity index (χ0) is 26.6. The molecule has 8 heteroatoms. The summed E-state index contributed by atoms with van der Waals surface area (Å²) < 4.78 is 0. The van der Waals surface area contributed by atoms with E-state index in [-0.39, 0.29) is 17.9 Å². The summed E-state index contributed by atoms with van der Waals surface area (Å²) >= 11 is 0. The number of benzene rings is 2. The standard InChI is InChI=1S/C30H32N6O2/c1-18-27(34-19(2)28(18)30(38)35-23-9-6-12-32-17-23)14-25-24-13-20(10-11-26(24)36-29(25)37)21(15-31)16-33-22-7-4-3-5-8-22/h3-5,7-8,10-11,13-16,23,31-34H,6,9,12,17H2,1-2H3,(H,35,38)(H,36,37)/b21-16+,25-14-,31-15?/t23-/m0/s1. The van der Waals surface area contributed by atoms with E-state index in [0.29, 0.717) is 22.4 Å². The highest BCUT2D eigenvalue weighted by atomic mass is 16.2. The summed E-state index contributed by atoms with van der Waals surface area (Å²) in [4.78, 5) is 29.3. The van der Waals surface area contributed by atoms with E-state index in [1.807, 2.05) is 68.5 Å². The second kappa shape index (κ2) is 10.9. The number of allylic oxidation sites excluding steroid dienone is 1. The number of nitrogens with one attached hydrogen (secondary N) is 6. The molecule has 8 nitrogen and oxygen atoms in total. The fourth-order valence-electron chi connectivity index (χ4n) is 5.05. The molecule has 0 unspecified atom stereocenters. The van der Waals surface area contributed by atoms with Crippen molar-refractivity contribution in [1.29, 1.82) is 5.41 Å². The molecule has 3 aromatic rings. The Kier molecular flexibility index (Phi) is 7.24. The summed E-state index contributed by atoms with van der Waals surface area (Å²) in [7, 11) is 0. The number of rotatable bonds is 7. The van der Waals surface area contributed by atoms with E-state index in [0.717, 1.165) is 59.7 Å². The van der Waals surface area contributed by atoms with E-state index in [9.17, 15) is 9.59 Å². The quantitative estimate of drug-likeness (QED) is 0.204. The predicted octanol–water partition coefficient (Wildman–Crippen LogP) is 4.71. The molecule has 6 N–H and O–H groups in total. The number of carbonyl (C=O) groups is 2. The number of para-hydroxylation sites is 1. The van der Waals surface area contributed by atoms with E-state index in [4.69, 9.17) is 5.41 Å². The van der Waals surface area contributed by atoms with Crippen LogP contribution in [0.15, 0.2) is 54.7 Å². The van der Waals surface area contributed by atoms with Crippen LogP contribution in [0.25, 0.3) is 17.2 Å². The van der Waals surface area contributed by atoms with Gasteiger partial charge in [-0.05, 0) is 74.7 Å². The third-order valence-electron chi connectivity index (χ3n) is 7.08. The molecule has 0 spiro atoms. The van der Waals surface area contributed by atoms with Crippen molar-refractivity contribution in [2.75, 3.05) is 23.7 Å². The van der Waals surface area contributed by atoms with Gasteiger partial charge in [0.1, 0.15) is 0 Å². The van der Waals surface area contributed by atoms with Gasteiger partial charge in [-0.15, -0.1) is 0 Å². The van der Waals surface area contributed by atoms with Crippen molar-refractivity contribution in [2.45, 2.75) is 32.7 Å². The van der Waals surface area contributed by atoms with Crippen LogP contribution in [0.1, 0.15) is 51.3 Å². The number of aryl methyl sites for hydroxylation is 1. The molecular weight excluding hydrogens is 476 g/mol. The first-order valence-electron chi connectivity index (χ1n) is 12.9. The summed E-state index contributed by atoms with van der Waals surface area (Å²) in [5.74, 6) is -0.300. The molecule has 2 aliphatic heterocycles. The van der Waals surface area contributed by atoms with Crippen LogP contribution < -0.4 is 21.3 Å². The molecule has 1 aromatic heterocycles. The maximum absolute atomic E-state index is 13.1. The number of amides is 2. The van der Waals surface area contributed by atoms with Crippen molar-refractivity contribution in [3.8, 4) is 0 Å². The van der Waals surface area contributed by atoms with Gasteiger partial charge in [0.2, 0.25) is 0 Å². The van der Waals surface area contributed by atoms with E-state index in [1.54, 1.807) is 6.20 Å². The van der Waals surface area contributed by atoms with E-state index < -0.39 is 0 Å². The smallest absolute Gasteiger partial charge is 0.256 e. The van der Waals surface area contributed by atoms with Crippen LogP contribution in [0.5, 0.6) is 0 Å². The van der Waals surface area contributed by atoms with Gasteiger partial charge in [-0.1, -0.05) is 24.3 Å². The molecule has 0 saturated carbocycles. The molecular formula is C30H32N6O2. The van der Waals surface area contributed by atoms with E-state index in [1.165, 1.54) is 6.21 Å². The summed E-state index contributed by atoms with van der Waals surface area (Å²) in [6.45, 7) is 5.54. The Morgan fingerprint density at radius 3 is 2.68 bits per heavy atom. The fourth-order valence-corrected chi connectivity index (χ4v) is 5.05. The minimum atomic E-state index is -0.203. The first-order chi connectivity index (χ1) is 18.4. The second-order valence-corrected chi connectivity index (χ2v) is 9.71. The van der Waals surface area contributed by atoms with Gasteiger partial charge in [-0.2, -0.15) is 0 Å². The molecule has 2 amide bonds. The number of fused-ring (bicyclic) bond motifs is 1. The van der Waals surface area contributed by atoms with Gasteiger partial charge >= 0.3 is 0 Å². The lowest BCUT2D eigenvalue weighted by molar-refractivity contribution is -0.110. The lowest BCUT2D eigenvalue weighted by Crippen LogP contribution is -2.45. The summed E-state index contributed by atoms with van der Waals surface area (Å²) in [5.41, 5.74) is 7.31. The summed E-state index contributed by atoms with van der Waals surface area (Å²) in [6.07, 6.45) is 6.88. The number of hydrogen-bond acceptors (Lipinski definition) is 5. The molecule has 2 aromatic carbocycles. The highest BCUT2D eigenvalue weighted by Crippen LogP contribution is 2.36. The van der Waals surface area contributed by atoms with Gasteiger partial charge < -0.3 is 31.7 Å².